The van der Waals surface area contributed by atoms with E-state index in [0.717, 1.165) is 11.3 Å². The van der Waals surface area contributed by atoms with Gasteiger partial charge in [0.15, 0.2) is 0 Å². The van der Waals surface area contributed by atoms with Crippen LogP contribution in [0.5, 0.6) is 0 Å². The van der Waals surface area contributed by atoms with Crippen molar-refractivity contribution in [2.75, 3.05) is 0 Å². The summed E-state index contributed by atoms with van der Waals surface area (Å²) < 4.78 is 37.3. The van der Waals surface area contributed by atoms with Crippen molar-refractivity contribution in [2.24, 2.45) is 0 Å². The number of hydrogen-bond donors (Lipinski definition) is 0. The van der Waals surface area contributed by atoms with E-state index in [-0.39, 0.29) is 51.4 Å². The minimum absolute atomic E-state index is 0. The monoisotopic (exact) mass is 256 g/mol. The van der Waals surface area contributed by atoms with Crippen molar-refractivity contribution in [3.8, 4) is 0 Å². The fraction of sp³-hybridized carbons (Fsp3) is 0.333. The number of benzene rings is 1. The standard InChI is InChI=1S/C9H13BF3Si.K/c1-14(2,3)9-6-4-5-8(7-9)10(11,12)13;/h4-7H,1-3H3;/q-1;+1. The first-order chi connectivity index (χ1) is 6.21. The average molecular weight is 256 g/mol. The van der Waals surface area contributed by atoms with Crippen LogP contribution in [0.15, 0.2) is 24.3 Å². The Labute approximate surface area is 132 Å². The Morgan fingerprint density at radius 3 is 2.00 bits per heavy atom. The smallest absolute Gasteiger partial charge is 0.445 e. The van der Waals surface area contributed by atoms with Gasteiger partial charge in [-0.1, -0.05) is 49.1 Å². The summed E-state index contributed by atoms with van der Waals surface area (Å²) in [4.78, 5) is 0. The van der Waals surface area contributed by atoms with E-state index in [1.807, 2.05) is 19.6 Å². The molecule has 0 spiro atoms. The third kappa shape index (κ3) is 4.75. The van der Waals surface area contributed by atoms with Gasteiger partial charge >= 0.3 is 58.4 Å². The molecule has 0 aromatic heterocycles. The summed E-state index contributed by atoms with van der Waals surface area (Å²) in [5.41, 5.74) is -0.482. The summed E-state index contributed by atoms with van der Waals surface area (Å²) in [6.07, 6.45) is 0. The molecule has 0 saturated heterocycles. The zero-order valence-corrected chi connectivity index (χ0v) is 13.6. The Morgan fingerprint density at radius 2 is 1.60 bits per heavy atom. The van der Waals surface area contributed by atoms with Gasteiger partial charge < -0.3 is 12.9 Å². The van der Waals surface area contributed by atoms with Crippen LogP contribution in [0.3, 0.4) is 0 Å². The third-order valence-electron chi connectivity index (χ3n) is 2.13. The summed E-state index contributed by atoms with van der Waals surface area (Å²) in [6, 6.07) is 5.73. The molecule has 0 nitrogen and oxygen atoms in total. The molecule has 0 aliphatic heterocycles. The molecule has 0 fully saturated rings. The van der Waals surface area contributed by atoms with E-state index in [1.165, 1.54) is 12.1 Å². The van der Waals surface area contributed by atoms with Crippen LogP contribution < -0.4 is 62.0 Å². The van der Waals surface area contributed by atoms with E-state index in [0.29, 0.717) is 0 Å². The Morgan fingerprint density at radius 1 is 1.07 bits per heavy atom. The van der Waals surface area contributed by atoms with Crippen LogP contribution in [-0.2, 0) is 0 Å². The molecule has 1 rings (SSSR count). The second-order valence-corrected chi connectivity index (χ2v) is 9.53. The molecule has 1 aromatic rings. The van der Waals surface area contributed by atoms with Gasteiger partial charge in [0.05, 0.1) is 8.07 Å². The van der Waals surface area contributed by atoms with Crippen molar-refractivity contribution in [2.45, 2.75) is 19.6 Å². The van der Waals surface area contributed by atoms with Gasteiger partial charge in [0.2, 0.25) is 0 Å². The summed E-state index contributed by atoms with van der Waals surface area (Å²) in [7, 11) is -1.63. The molecule has 0 bridgehead atoms. The van der Waals surface area contributed by atoms with Crippen molar-refractivity contribution < 1.29 is 64.3 Å². The van der Waals surface area contributed by atoms with Crippen LogP contribution in [-0.4, -0.2) is 15.1 Å². The summed E-state index contributed by atoms with van der Waals surface area (Å²) in [5, 5.41) is 0.856. The maximum Gasteiger partial charge on any atom is 1.00 e. The van der Waals surface area contributed by atoms with E-state index >= 15 is 0 Å². The summed E-state index contributed by atoms with van der Waals surface area (Å²) in [6.45, 7) is 1.26. The maximum absolute atomic E-state index is 12.4. The first-order valence-corrected chi connectivity index (χ1v) is 8.01. The van der Waals surface area contributed by atoms with Crippen LogP contribution in [0.4, 0.5) is 12.9 Å². The van der Waals surface area contributed by atoms with E-state index in [2.05, 4.69) is 0 Å². The zero-order valence-electron chi connectivity index (χ0n) is 9.52. The minimum atomic E-state index is -4.85. The van der Waals surface area contributed by atoms with Crippen molar-refractivity contribution in [3.05, 3.63) is 24.3 Å². The molecule has 0 aliphatic rings. The predicted octanol–water partition coefficient (Wildman–Crippen LogP) is -0.710. The van der Waals surface area contributed by atoms with E-state index < -0.39 is 20.5 Å². The second-order valence-electron chi connectivity index (χ2n) is 4.45. The molecule has 0 radical (unpaired) electrons. The zero-order chi connectivity index (χ0) is 11.0. The van der Waals surface area contributed by atoms with Crippen molar-refractivity contribution in [1.29, 1.82) is 0 Å². The van der Waals surface area contributed by atoms with E-state index in [1.54, 1.807) is 6.07 Å². The Hall–Kier alpha value is 0.928. The summed E-state index contributed by atoms with van der Waals surface area (Å²) in [5.74, 6) is 0. The van der Waals surface area contributed by atoms with Gasteiger partial charge in [-0.3, -0.25) is 0 Å². The molecule has 1 aromatic carbocycles. The molecule has 0 heterocycles. The van der Waals surface area contributed by atoms with Crippen molar-refractivity contribution in [3.63, 3.8) is 0 Å². The molecule has 15 heavy (non-hydrogen) atoms. The first-order valence-electron chi connectivity index (χ1n) is 4.51. The molecule has 0 atom stereocenters. The average Bonchev–Trinajstić information content (AvgIpc) is 2.01. The maximum atomic E-state index is 12.4. The van der Waals surface area contributed by atoms with Gasteiger partial charge in [0.25, 0.3) is 0 Å². The normalized spacial score (nSPS) is 12.1. The van der Waals surface area contributed by atoms with E-state index in [4.69, 9.17) is 0 Å². The van der Waals surface area contributed by atoms with E-state index in [9.17, 15) is 12.9 Å². The Balaban J connectivity index is 0.00000196. The van der Waals surface area contributed by atoms with Crippen LogP contribution in [0.2, 0.25) is 19.6 Å². The largest absolute Gasteiger partial charge is 1.00 e. The molecule has 78 valence electrons. The minimum Gasteiger partial charge on any atom is -0.445 e. The first kappa shape index (κ1) is 15.9. The van der Waals surface area contributed by atoms with Gasteiger partial charge in [0, 0.05) is 0 Å². The SMILES string of the molecule is C[Si](C)(C)c1cccc([B-](F)(F)F)c1.[K+]. The quantitative estimate of drug-likeness (QED) is 0.613. The fourth-order valence-corrected chi connectivity index (χ4v) is 2.40. The molecule has 0 amide bonds. The van der Waals surface area contributed by atoms with Gasteiger partial charge in [-0.05, 0) is 0 Å². The fourth-order valence-electron chi connectivity index (χ4n) is 1.21. The van der Waals surface area contributed by atoms with Crippen molar-refractivity contribution in [1.82, 2.24) is 0 Å². The summed E-state index contributed by atoms with van der Waals surface area (Å²) >= 11 is 0. The molecule has 0 aliphatic carbocycles. The van der Waals surface area contributed by atoms with Gasteiger partial charge in [-0.2, -0.15) is 0 Å². The van der Waals surface area contributed by atoms with Gasteiger partial charge in [-0.15, -0.1) is 5.46 Å². The van der Waals surface area contributed by atoms with Crippen LogP contribution in [0, 0.1) is 0 Å². The topological polar surface area (TPSA) is 0 Å². The third-order valence-corrected chi connectivity index (χ3v) is 4.17. The molecule has 6 heteroatoms. The molecular formula is C9H13BF3KSi. The van der Waals surface area contributed by atoms with Gasteiger partial charge in [-0.25, -0.2) is 0 Å². The molecule has 0 saturated carbocycles. The number of halogens is 3. The Bertz CT molecular complexity index is 304. The van der Waals surface area contributed by atoms with Crippen LogP contribution in [0.1, 0.15) is 0 Å². The van der Waals surface area contributed by atoms with Crippen LogP contribution in [0.25, 0.3) is 0 Å². The number of rotatable bonds is 2. The van der Waals surface area contributed by atoms with Crippen molar-refractivity contribution >= 4 is 25.7 Å². The Kier molecular flexibility index (Phi) is 5.85. The van der Waals surface area contributed by atoms with Gasteiger partial charge in [0.1, 0.15) is 0 Å². The van der Waals surface area contributed by atoms with Crippen LogP contribution >= 0.6 is 0 Å². The molecule has 0 N–H and O–H groups in total. The second kappa shape index (κ2) is 5.51. The predicted molar refractivity (Wildman–Crippen MR) is 58.1 cm³/mol. The molecular weight excluding hydrogens is 243 g/mol. The number of hydrogen-bond acceptors (Lipinski definition) is 0. The molecule has 0 unspecified atom stereocenters.